The van der Waals surface area contributed by atoms with Crippen molar-refractivity contribution in [1.82, 2.24) is 10.1 Å². The average Bonchev–Trinajstić information content (AvgIpc) is 2.84. The molecule has 0 aliphatic heterocycles. The van der Waals surface area contributed by atoms with Crippen LogP contribution < -0.4 is 5.32 Å². The van der Waals surface area contributed by atoms with E-state index in [1.54, 1.807) is 18.3 Å². The van der Waals surface area contributed by atoms with Gasteiger partial charge in [0.15, 0.2) is 10.7 Å². The molecule has 1 amide bonds. The molecule has 1 aromatic carbocycles. The topological polar surface area (TPSA) is 68.0 Å². The minimum absolute atomic E-state index is 0.112. The first kappa shape index (κ1) is 14.5. The summed E-state index contributed by atoms with van der Waals surface area (Å²) in [6.45, 7) is 4.02. The Kier molecular flexibility index (Phi) is 3.81. The van der Waals surface area contributed by atoms with Crippen molar-refractivity contribution in [1.29, 1.82) is 0 Å². The maximum atomic E-state index is 12.1. The van der Waals surface area contributed by atoms with Gasteiger partial charge in [0, 0.05) is 11.6 Å². The molecule has 6 heteroatoms. The van der Waals surface area contributed by atoms with Crippen LogP contribution in [0.4, 0.5) is 5.69 Å². The van der Waals surface area contributed by atoms with Gasteiger partial charge in [-0.1, -0.05) is 16.8 Å². The number of aryl methyl sites for hydroxylation is 2. The molecule has 1 N–H and O–H groups in total. The molecule has 0 saturated carbocycles. The zero-order valence-electron chi connectivity index (χ0n) is 12.2. The van der Waals surface area contributed by atoms with Crippen molar-refractivity contribution in [2.45, 2.75) is 20.3 Å². The Balaban J connectivity index is 1.83. The molecule has 0 fully saturated rings. The summed E-state index contributed by atoms with van der Waals surface area (Å²) in [6.07, 6.45) is 1.68. The summed E-state index contributed by atoms with van der Waals surface area (Å²) < 4.78 is 5.29. The second kappa shape index (κ2) is 5.77. The third kappa shape index (κ3) is 2.80. The molecule has 0 radical (unpaired) electrons. The van der Waals surface area contributed by atoms with Crippen LogP contribution in [0.5, 0.6) is 0 Å². The third-order valence-corrected chi connectivity index (χ3v) is 3.82. The van der Waals surface area contributed by atoms with Gasteiger partial charge in [0.1, 0.15) is 5.69 Å². The van der Waals surface area contributed by atoms with E-state index in [1.165, 1.54) is 0 Å². The molecule has 0 atom stereocenters. The number of nitrogens with zero attached hydrogens (tertiary/aromatic N) is 2. The first-order valence-corrected chi connectivity index (χ1v) is 7.18. The minimum atomic E-state index is -0.219. The first-order chi connectivity index (χ1) is 10.5. The molecule has 0 aliphatic rings. The molecule has 0 saturated heterocycles. The summed E-state index contributed by atoms with van der Waals surface area (Å²) >= 11 is 5.92. The highest BCUT2D eigenvalue weighted by Gasteiger charge is 2.14. The van der Waals surface area contributed by atoms with Crippen LogP contribution in [0.3, 0.4) is 0 Å². The molecule has 0 spiro atoms. The fourth-order valence-electron chi connectivity index (χ4n) is 2.20. The van der Waals surface area contributed by atoms with Gasteiger partial charge in [-0.15, -0.1) is 0 Å². The zero-order valence-corrected chi connectivity index (χ0v) is 12.9. The van der Waals surface area contributed by atoms with E-state index in [2.05, 4.69) is 15.5 Å². The van der Waals surface area contributed by atoms with Gasteiger partial charge in [0.2, 0.25) is 5.91 Å². The number of carbonyl (C=O) groups is 1. The van der Waals surface area contributed by atoms with Crippen LogP contribution >= 0.6 is 11.6 Å². The predicted molar refractivity (Wildman–Crippen MR) is 85.1 cm³/mol. The van der Waals surface area contributed by atoms with Crippen molar-refractivity contribution >= 4 is 34.2 Å². The SMILES string of the molecule is Cc1cc2onc(CC(=O)Nc3cccnc3Cl)c2cc1C. The number of hydrogen-bond donors (Lipinski definition) is 1. The van der Waals surface area contributed by atoms with E-state index in [1.807, 2.05) is 26.0 Å². The normalized spacial score (nSPS) is 10.9. The largest absolute Gasteiger partial charge is 0.356 e. The van der Waals surface area contributed by atoms with Gasteiger partial charge < -0.3 is 9.84 Å². The number of fused-ring (bicyclic) bond motifs is 1. The molecule has 0 bridgehead atoms. The van der Waals surface area contributed by atoms with E-state index >= 15 is 0 Å². The number of pyridine rings is 1. The fourth-order valence-corrected chi connectivity index (χ4v) is 2.36. The van der Waals surface area contributed by atoms with E-state index in [4.69, 9.17) is 16.1 Å². The molecule has 2 heterocycles. The lowest BCUT2D eigenvalue weighted by Gasteiger charge is -2.05. The maximum Gasteiger partial charge on any atom is 0.230 e. The second-order valence-electron chi connectivity index (χ2n) is 5.13. The lowest BCUT2D eigenvalue weighted by Crippen LogP contribution is -2.15. The highest BCUT2D eigenvalue weighted by Crippen LogP contribution is 2.23. The number of anilines is 1. The Labute approximate surface area is 132 Å². The number of rotatable bonds is 3. The lowest BCUT2D eigenvalue weighted by molar-refractivity contribution is -0.115. The monoisotopic (exact) mass is 315 g/mol. The molecule has 112 valence electrons. The van der Waals surface area contributed by atoms with Crippen LogP contribution in [-0.2, 0) is 11.2 Å². The summed E-state index contributed by atoms with van der Waals surface area (Å²) in [4.78, 5) is 16.1. The van der Waals surface area contributed by atoms with Gasteiger partial charge in [-0.05, 0) is 49.2 Å². The number of carbonyl (C=O) groups excluding carboxylic acids is 1. The summed E-state index contributed by atoms with van der Waals surface area (Å²) in [7, 11) is 0. The number of amides is 1. The fraction of sp³-hybridized carbons (Fsp3) is 0.188. The van der Waals surface area contributed by atoms with Gasteiger partial charge in [-0.3, -0.25) is 4.79 Å². The predicted octanol–water partition coefficient (Wildman–Crippen LogP) is 3.67. The van der Waals surface area contributed by atoms with Crippen molar-refractivity contribution in [2.24, 2.45) is 0 Å². The Morgan fingerprint density at radius 3 is 2.86 bits per heavy atom. The minimum Gasteiger partial charge on any atom is -0.356 e. The van der Waals surface area contributed by atoms with Crippen molar-refractivity contribution in [3.05, 3.63) is 52.4 Å². The van der Waals surface area contributed by atoms with E-state index in [-0.39, 0.29) is 17.5 Å². The highest BCUT2D eigenvalue weighted by atomic mass is 35.5. The Bertz CT molecular complexity index is 858. The Morgan fingerprint density at radius 2 is 2.09 bits per heavy atom. The number of hydrogen-bond acceptors (Lipinski definition) is 4. The van der Waals surface area contributed by atoms with Crippen molar-refractivity contribution in [3.8, 4) is 0 Å². The van der Waals surface area contributed by atoms with Crippen molar-refractivity contribution in [3.63, 3.8) is 0 Å². The van der Waals surface area contributed by atoms with Crippen molar-refractivity contribution in [2.75, 3.05) is 5.32 Å². The number of aromatic nitrogens is 2. The number of nitrogens with one attached hydrogen (secondary N) is 1. The molecular formula is C16H14ClN3O2. The molecule has 2 aromatic heterocycles. The molecule has 0 aliphatic carbocycles. The summed E-state index contributed by atoms with van der Waals surface area (Å²) in [5.74, 6) is -0.219. The van der Waals surface area contributed by atoms with Crippen molar-refractivity contribution < 1.29 is 9.32 Å². The maximum absolute atomic E-state index is 12.1. The van der Waals surface area contributed by atoms with E-state index in [0.717, 1.165) is 16.5 Å². The summed E-state index contributed by atoms with van der Waals surface area (Å²) in [5, 5.41) is 7.84. The van der Waals surface area contributed by atoms with Gasteiger partial charge in [0.05, 0.1) is 12.1 Å². The van der Waals surface area contributed by atoms with E-state index in [0.29, 0.717) is 17.0 Å². The summed E-state index contributed by atoms with van der Waals surface area (Å²) in [6, 6.07) is 7.32. The van der Waals surface area contributed by atoms with Gasteiger partial charge in [0.25, 0.3) is 0 Å². The third-order valence-electron chi connectivity index (χ3n) is 3.52. The average molecular weight is 316 g/mol. The standard InChI is InChI=1S/C16H14ClN3O2/c1-9-6-11-13(20-22-14(11)7-10(9)2)8-15(21)19-12-4-3-5-18-16(12)17/h3-7H,8H2,1-2H3,(H,19,21). The smallest absolute Gasteiger partial charge is 0.230 e. The van der Waals surface area contributed by atoms with Crippen LogP contribution in [0.1, 0.15) is 16.8 Å². The van der Waals surface area contributed by atoms with Crippen LogP contribution in [-0.4, -0.2) is 16.0 Å². The van der Waals surface area contributed by atoms with Crippen LogP contribution in [0.2, 0.25) is 5.15 Å². The molecule has 3 rings (SSSR count). The van der Waals surface area contributed by atoms with Crippen LogP contribution in [0, 0.1) is 13.8 Å². The van der Waals surface area contributed by atoms with Gasteiger partial charge in [-0.25, -0.2) is 4.98 Å². The van der Waals surface area contributed by atoms with E-state index < -0.39 is 0 Å². The second-order valence-corrected chi connectivity index (χ2v) is 5.49. The molecule has 3 aromatic rings. The molecule has 5 nitrogen and oxygen atoms in total. The number of benzene rings is 1. The molecular weight excluding hydrogens is 302 g/mol. The Hall–Kier alpha value is -2.40. The Morgan fingerprint density at radius 1 is 1.32 bits per heavy atom. The highest BCUT2D eigenvalue weighted by molar-refractivity contribution is 6.32. The van der Waals surface area contributed by atoms with Crippen LogP contribution in [0.15, 0.2) is 35.0 Å². The van der Waals surface area contributed by atoms with E-state index in [9.17, 15) is 4.79 Å². The quantitative estimate of drug-likeness (QED) is 0.749. The number of halogens is 1. The zero-order chi connectivity index (χ0) is 15.7. The first-order valence-electron chi connectivity index (χ1n) is 6.80. The molecule has 22 heavy (non-hydrogen) atoms. The van der Waals surface area contributed by atoms with Gasteiger partial charge >= 0.3 is 0 Å². The molecule has 0 unspecified atom stereocenters. The van der Waals surface area contributed by atoms with Gasteiger partial charge in [-0.2, -0.15) is 0 Å². The van der Waals surface area contributed by atoms with Crippen LogP contribution in [0.25, 0.3) is 11.0 Å². The summed E-state index contributed by atoms with van der Waals surface area (Å²) in [5.41, 5.74) is 4.03. The lowest BCUT2D eigenvalue weighted by atomic mass is 10.1.